The largest absolute Gasteiger partial charge is 0.332 e. The Hall–Kier alpha value is -1.61. The van der Waals surface area contributed by atoms with Crippen molar-refractivity contribution in [2.75, 3.05) is 32.7 Å². The molecule has 3 nitrogen and oxygen atoms in total. The van der Waals surface area contributed by atoms with E-state index in [9.17, 15) is 4.79 Å². The molecule has 1 saturated heterocycles. The van der Waals surface area contributed by atoms with E-state index in [0.29, 0.717) is 6.42 Å². The van der Waals surface area contributed by atoms with Crippen molar-refractivity contribution in [3.63, 3.8) is 0 Å². The predicted molar refractivity (Wildman–Crippen MR) is 88.8 cm³/mol. The number of nitrogens with zero attached hydrogens (tertiary/aromatic N) is 1. The van der Waals surface area contributed by atoms with Crippen molar-refractivity contribution in [1.82, 2.24) is 4.90 Å². The first-order valence-electron chi connectivity index (χ1n) is 8.61. The van der Waals surface area contributed by atoms with Crippen LogP contribution in [0.3, 0.4) is 0 Å². The van der Waals surface area contributed by atoms with Crippen molar-refractivity contribution < 1.29 is 9.69 Å². The summed E-state index contributed by atoms with van der Waals surface area (Å²) in [5, 5.41) is 0. The highest BCUT2D eigenvalue weighted by atomic mass is 16.2. The molecule has 1 aromatic carbocycles. The number of allylic oxidation sites excluding steroid dienone is 2. The van der Waals surface area contributed by atoms with Gasteiger partial charge in [-0.25, -0.2) is 0 Å². The van der Waals surface area contributed by atoms with Crippen LogP contribution in [0.5, 0.6) is 0 Å². The fraction of sp³-hybridized carbons (Fsp3) is 0.526. The fourth-order valence-electron chi connectivity index (χ4n) is 3.61. The van der Waals surface area contributed by atoms with Gasteiger partial charge in [-0.1, -0.05) is 42.5 Å². The van der Waals surface area contributed by atoms with E-state index >= 15 is 0 Å². The van der Waals surface area contributed by atoms with Gasteiger partial charge in [0.2, 0.25) is 5.91 Å². The number of hydrogen-bond donors (Lipinski definition) is 1. The van der Waals surface area contributed by atoms with Crippen LogP contribution in [-0.4, -0.2) is 43.5 Å². The maximum atomic E-state index is 12.4. The van der Waals surface area contributed by atoms with Gasteiger partial charge in [-0.05, 0) is 24.8 Å². The summed E-state index contributed by atoms with van der Waals surface area (Å²) in [5.74, 6) is 1.14. The summed E-state index contributed by atoms with van der Waals surface area (Å²) in [7, 11) is 0. The number of carbonyl (C=O) groups excluding carboxylic acids is 1. The van der Waals surface area contributed by atoms with E-state index in [1.807, 2.05) is 30.3 Å². The van der Waals surface area contributed by atoms with Crippen LogP contribution in [0, 0.1) is 5.92 Å². The molecule has 1 heterocycles. The quantitative estimate of drug-likeness (QED) is 0.833. The molecule has 3 heteroatoms. The van der Waals surface area contributed by atoms with Crippen LogP contribution in [0.25, 0.3) is 0 Å². The van der Waals surface area contributed by atoms with Gasteiger partial charge in [0.05, 0.1) is 39.1 Å². The molecule has 0 spiro atoms. The van der Waals surface area contributed by atoms with Crippen LogP contribution in [0.2, 0.25) is 0 Å². The summed E-state index contributed by atoms with van der Waals surface area (Å²) in [5.41, 5.74) is 1.12. The molecule has 1 aromatic rings. The normalized spacial score (nSPS) is 22.7. The van der Waals surface area contributed by atoms with Crippen LogP contribution in [0.4, 0.5) is 0 Å². The molecule has 0 bridgehead atoms. The first-order valence-corrected chi connectivity index (χ1v) is 8.61. The maximum absolute atomic E-state index is 12.4. The molecule has 3 rings (SSSR count). The molecule has 1 amide bonds. The zero-order chi connectivity index (χ0) is 15.2. The molecule has 1 N–H and O–H groups in total. The number of piperazine rings is 1. The van der Waals surface area contributed by atoms with Gasteiger partial charge < -0.3 is 9.80 Å². The van der Waals surface area contributed by atoms with Gasteiger partial charge in [-0.2, -0.15) is 0 Å². The number of rotatable bonds is 4. The van der Waals surface area contributed by atoms with Gasteiger partial charge in [0.15, 0.2) is 0 Å². The molecule has 1 atom stereocenters. The molecule has 0 unspecified atom stereocenters. The number of hydrogen-bond acceptors (Lipinski definition) is 1. The Morgan fingerprint density at radius 2 is 1.91 bits per heavy atom. The monoisotopic (exact) mass is 299 g/mol. The standard InChI is InChI=1S/C19H26N2O/c22-19(15-17-7-3-1-4-8-17)21-13-11-20(12-14-21)16-18-9-5-2-6-10-18/h1-5,7-8,18H,6,9-16H2/p+1/t18-/m0/s1. The lowest BCUT2D eigenvalue weighted by Crippen LogP contribution is -3.15. The van der Waals surface area contributed by atoms with E-state index in [1.165, 1.54) is 25.8 Å². The second-order valence-electron chi connectivity index (χ2n) is 6.65. The minimum absolute atomic E-state index is 0.283. The number of quaternary nitrogens is 1. The van der Waals surface area contributed by atoms with Crippen molar-refractivity contribution in [1.29, 1.82) is 0 Å². The first kappa shape index (κ1) is 15.3. The van der Waals surface area contributed by atoms with E-state index in [-0.39, 0.29) is 5.91 Å². The molecule has 2 aliphatic rings. The summed E-state index contributed by atoms with van der Waals surface area (Å²) in [6.45, 7) is 5.35. The van der Waals surface area contributed by atoms with E-state index in [1.54, 1.807) is 4.90 Å². The SMILES string of the molecule is O=C(Cc1ccccc1)N1CC[NH+](C[C@H]2CC=CCC2)CC1. The summed E-state index contributed by atoms with van der Waals surface area (Å²) in [4.78, 5) is 16.1. The van der Waals surface area contributed by atoms with E-state index < -0.39 is 0 Å². The number of benzene rings is 1. The molecular weight excluding hydrogens is 272 g/mol. The zero-order valence-electron chi connectivity index (χ0n) is 13.3. The molecule has 1 fully saturated rings. The number of carbonyl (C=O) groups is 1. The summed E-state index contributed by atoms with van der Waals surface area (Å²) in [6, 6.07) is 10.1. The van der Waals surface area contributed by atoms with Gasteiger partial charge in [-0.15, -0.1) is 0 Å². The van der Waals surface area contributed by atoms with Crippen LogP contribution >= 0.6 is 0 Å². The lowest BCUT2D eigenvalue weighted by molar-refractivity contribution is -0.907. The highest BCUT2D eigenvalue weighted by Crippen LogP contribution is 2.16. The summed E-state index contributed by atoms with van der Waals surface area (Å²) in [6.07, 6.45) is 9.04. The zero-order valence-corrected chi connectivity index (χ0v) is 13.3. The van der Waals surface area contributed by atoms with Crippen LogP contribution in [-0.2, 0) is 11.2 Å². The number of amides is 1. The Balaban J connectivity index is 1.43. The van der Waals surface area contributed by atoms with Crippen molar-refractivity contribution in [2.45, 2.75) is 25.7 Å². The van der Waals surface area contributed by atoms with Crippen LogP contribution in [0.1, 0.15) is 24.8 Å². The highest BCUT2D eigenvalue weighted by molar-refractivity contribution is 5.78. The molecule has 1 aliphatic carbocycles. The topological polar surface area (TPSA) is 24.8 Å². The second kappa shape index (κ2) is 7.59. The smallest absolute Gasteiger partial charge is 0.227 e. The van der Waals surface area contributed by atoms with Crippen LogP contribution in [0.15, 0.2) is 42.5 Å². The maximum Gasteiger partial charge on any atom is 0.227 e. The van der Waals surface area contributed by atoms with Crippen molar-refractivity contribution in [3.05, 3.63) is 48.0 Å². The Bertz CT molecular complexity index is 503. The fourth-order valence-corrected chi connectivity index (χ4v) is 3.61. The lowest BCUT2D eigenvalue weighted by atomic mass is 9.94. The molecule has 118 valence electrons. The Morgan fingerprint density at radius 1 is 1.14 bits per heavy atom. The molecule has 0 aromatic heterocycles. The summed E-state index contributed by atoms with van der Waals surface area (Å²) >= 11 is 0. The van der Waals surface area contributed by atoms with Crippen molar-refractivity contribution in [3.8, 4) is 0 Å². The van der Waals surface area contributed by atoms with Crippen LogP contribution < -0.4 is 4.90 Å². The first-order chi connectivity index (χ1) is 10.8. The minimum Gasteiger partial charge on any atom is -0.332 e. The van der Waals surface area contributed by atoms with Crippen molar-refractivity contribution in [2.24, 2.45) is 5.92 Å². The van der Waals surface area contributed by atoms with Gasteiger partial charge in [0.1, 0.15) is 0 Å². The third-order valence-electron chi connectivity index (χ3n) is 4.98. The van der Waals surface area contributed by atoms with E-state index in [0.717, 1.165) is 37.7 Å². The molecule has 1 aliphatic heterocycles. The second-order valence-corrected chi connectivity index (χ2v) is 6.65. The number of nitrogens with one attached hydrogen (secondary N) is 1. The summed E-state index contributed by atoms with van der Waals surface area (Å²) < 4.78 is 0. The third kappa shape index (κ3) is 4.20. The Morgan fingerprint density at radius 3 is 2.59 bits per heavy atom. The van der Waals surface area contributed by atoms with E-state index in [4.69, 9.17) is 0 Å². The highest BCUT2D eigenvalue weighted by Gasteiger charge is 2.25. The van der Waals surface area contributed by atoms with Gasteiger partial charge in [-0.3, -0.25) is 4.79 Å². The average Bonchev–Trinajstić information content (AvgIpc) is 2.57. The predicted octanol–water partition coefficient (Wildman–Crippen LogP) is 1.31. The molecule has 0 saturated carbocycles. The lowest BCUT2D eigenvalue weighted by Gasteiger charge is -2.34. The van der Waals surface area contributed by atoms with E-state index in [2.05, 4.69) is 17.1 Å². The Kier molecular flexibility index (Phi) is 5.28. The minimum atomic E-state index is 0.283. The van der Waals surface area contributed by atoms with Gasteiger partial charge >= 0.3 is 0 Å². The molecule has 0 radical (unpaired) electrons. The third-order valence-corrected chi connectivity index (χ3v) is 4.98. The average molecular weight is 299 g/mol. The van der Waals surface area contributed by atoms with Crippen molar-refractivity contribution >= 4 is 5.91 Å². The van der Waals surface area contributed by atoms with Gasteiger partial charge in [0, 0.05) is 5.92 Å². The van der Waals surface area contributed by atoms with Gasteiger partial charge in [0.25, 0.3) is 0 Å². The Labute approximate surface area is 133 Å². The molecular formula is C19H27N2O+. The molecule has 22 heavy (non-hydrogen) atoms.